The number of aryl methyl sites for hydroxylation is 4. The van der Waals surface area contributed by atoms with Crippen molar-refractivity contribution in [2.24, 2.45) is 0 Å². The number of para-hydroxylation sites is 4. The first-order chi connectivity index (χ1) is 15.2. The fraction of sp³-hybridized carbons (Fsp3) is 0.143. The molecular formula is C28H32O4Ti. The van der Waals surface area contributed by atoms with Gasteiger partial charge in [-0.2, -0.15) is 0 Å². The summed E-state index contributed by atoms with van der Waals surface area (Å²) in [5.74, 6) is 1.47. The Morgan fingerprint density at radius 2 is 0.485 bits per heavy atom. The summed E-state index contributed by atoms with van der Waals surface area (Å²) in [7, 11) is 0. The van der Waals surface area contributed by atoms with Gasteiger partial charge in [0.25, 0.3) is 0 Å². The van der Waals surface area contributed by atoms with Crippen LogP contribution in [-0.4, -0.2) is 20.4 Å². The van der Waals surface area contributed by atoms with Crippen molar-refractivity contribution in [3.63, 3.8) is 0 Å². The molecule has 4 aromatic rings. The maximum Gasteiger partial charge on any atom is 0.118 e. The summed E-state index contributed by atoms with van der Waals surface area (Å²) in [6.45, 7) is 7.48. The van der Waals surface area contributed by atoms with Crippen LogP contribution in [0.5, 0.6) is 23.0 Å². The van der Waals surface area contributed by atoms with Crippen molar-refractivity contribution in [2.45, 2.75) is 27.7 Å². The van der Waals surface area contributed by atoms with Crippen molar-refractivity contribution >= 4 is 0 Å². The maximum absolute atomic E-state index is 8.92. The third kappa shape index (κ3) is 12.4. The molecule has 4 nitrogen and oxygen atoms in total. The van der Waals surface area contributed by atoms with Gasteiger partial charge in [-0.05, 0) is 74.2 Å². The average Bonchev–Trinajstić information content (AvgIpc) is 2.78. The molecule has 0 aliphatic carbocycles. The largest absolute Gasteiger partial charge is 0.508 e. The van der Waals surface area contributed by atoms with Gasteiger partial charge >= 0.3 is 0 Å². The average molecular weight is 480 g/mol. The van der Waals surface area contributed by atoms with E-state index in [9.17, 15) is 0 Å². The third-order valence-electron chi connectivity index (χ3n) is 4.46. The molecule has 0 aliphatic heterocycles. The smallest absolute Gasteiger partial charge is 0.118 e. The van der Waals surface area contributed by atoms with E-state index < -0.39 is 0 Å². The van der Waals surface area contributed by atoms with Crippen LogP contribution in [0.2, 0.25) is 0 Å². The Morgan fingerprint density at radius 1 is 0.333 bits per heavy atom. The Balaban J connectivity index is 0.000000410. The SMILES string of the molecule is Cc1ccccc1O.Cc1ccccc1O.Cc1ccccc1O.Cc1ccccc1O.[Ti]. The molecule has 0 atom stereocenters. The topological polar surface area (TPSA) is 80.9 Å². The van der Waals surface area contributed by atoms with Crippen LogP contribution in [0.4, 0.5) is 0 Å². The first-order valence-corrected chi connectivity index (χ1v) is 10.2. The molecule has 0 aromatic heterocycles. The zero-order chi connectivity index (χ0) is 23.9. The van der Waals surface area contributed by atoms with Crippen molar-refractivity contribution in [3.8, 4) is 23.0 Å². The fourth-order valence-electron chi connectivity index (χ4n) is 2.25. The summed E-state index contributed by atoms with van der Waals surface area (Å²) in [5, 5.41) is 35.7. The molecule has 33 heavy (non-hydrogen) atoms. The number of benzene rings is 4. The molecule has 0 unspecified atom stereocenters. The van der Waals surface area contributed by atoms with Gasteiger partial charge in [0.1, 0.15) is 23.0 Å². The number of hydrogen-bond acceptors (Lipinski definition) is 4. The summed E-state index contributed by atoms with van der Waals surface area (Å²) < 4.78 is 0. The zero-order valence-electron chi connectivity index (χ0n) is 19.5. The maximum atomic E-state index is 8.92. The van der Waals surface area contributed by atoms with Gasteiger partial charge in [-0.15, -0.1) is 0 Å². The fourth-order valence-corrected chi connectivity index (χ4v) is 2.25. The number of phenolic OH excluding ortho intramolecular Hbond substituents is 4. The van der Waals surface area contributed by atoms with Gasteiger partial charge in [0.15, 0.2) is 0 Å². The minimum absolute atomic E-state index is 0. The number of hydrogen-bond donors (Lipinski definition) is 4. The van der Waals surface area contributed by atoms with E-state index in [1.165, 1.54) is 0 Å². The third-order valence-corrected chi connectivity index (χ3v) is 4.46. The van der Waals surface area contributed by atoms with E-state index in [0.29, 0.717) is 23.0 Å². The second-order valence-electron chi connectivity index (χ2n) is 7.15. The Morgan fingerprint density at radius 3 is 0.576 bits per heavy atom. The summed E-state index contributed by atoms with van der Waals surface area (Å²) >= 11 is 0. The van der Waals surface area contributed by atoms with Gasteiger partial charge < -0.3 is 20.4 Å². The van der Waals surface area contributed by atoms with E-state index in [0.717, 1.165) is 22.3 Å². The van der Waals surface area contributed by atoms with Crippen molar-refractivity contribution in [2.75, 3.05) is 0 Å². The molecule has 0 spiro atoms. The van der Waals surface area contributed by atoms with Gasteiger partial charge in [0.05, 0.1) is 0 Å². The van der Waals surface area contributed by atoms with Gasteiger partial charge in [0, 0.05) is 21.7 Å². The second kappa shape index (κ2) is 16.4. The van der Waals surface area contributed by atoms with Crippen molar-refractivity contribution in [3.05, 3.63) is 119 Å². The summed E-state index contributed by atoms with van der Waals surface area (Å²) in [6, 6.07) is 29.0. The number of aromatic hydroxyl groups is 4. The molecule has 4 rings (SSSR count). The van der Waals surface area contributed by atoms with Gasteiger partial charge in [0.2, 0.25) is 0 Å². The van der Waals surface area contributed by atoms with Gasteiger partial charge in [-0.1, -0.05) is 72.8 Å². The molecule has 0 radical (unpaired) electrons. The van der Waals surface area contributed by atoms with Gasteiger partial charge in [-0.3, -0.25) is 0 Å². The molecule has 172 valence electrons. The molecule has 0 amide bonds. The molecule has 4 aromatic carbocycles. The van der Waals surface area contributed by atoms with E-state index >= 15 is 0 Å². The Hall–Kier alpha value is -3.21. The Kier molecular flexibility index (Phi) is 14.8. The summed E-state index contributed by atoms with van der Waals surface area (Å²) in [4.78, 5) is 0. The molecular weight excluding hydrogens is 448 g/mol. The Bertz CT molecular complexity index is 822. The van der Waals surface area contributed by atoms with Crippen LogP contribution >= 0.6 is 0 Å². The van der Waals surface area contributed by atoms with Crippen LogP contribution in [0, 0.1) is 27.7 Å². The van der Waals surface area contributed by atoms with E-state index in [2.05, 4.69) is 0 Å². The van der Waals surface area contributed by atoms with Crippen LogP contribution in [0.15, 0.2) is 97.1 Å². The molecule has 4 N–H and O–H groups in total. The predicted octanol–water partition coefficient (Wildman–Crippen LogP) is 6.80. The van der Waals surface area contributed by atoms with Crippen LogP contribution in [0.3, 0.4) is 0 Å². The molecule has 5 heteroatoms. The monoisotopic (exact) mass is 480 g/mol. The van der Waals surface area contributed by atoms with Gasteiger partial charge in [-0.25, -0.2) is 0 Å². The molecule has 0 aliphatic rings. The molecule has 0 saturated carbocycles. The summed E-state index contributed by atoms with van der Waals surface area (Å²) in [5.41, 5.74) is 3.69. The van der Waals surface area contributed by atoms with E-state index in [1.54, 1.807) is 24.3 Å². The molecule has 0 fully saturated rings. The molecule has 0 bridgehead atoms. The van der Waals surface area contributed by atoms with Crippen LogP contribution < -0.4 is 0 Å². The van der Waals surface area contributed by atoms with E-state index in [1.807, 2.05) is 100 Å². The van der Waals surface area contributed by atoms with Crippen molar-refractivity contribution in [1.29, 1.82) is 0 Å². The van der Waals surface area contributed by atoms with Crippen LogP contribution in [0.1, 0.15) is 22.3 Å². The molecule has 0 saturated heterocycles. The first-order valence-electron chi connectivity index (χ1n) is 10.2. The zero-order valence-corrected chi connectivity index (χ0v) is 21.1. The normalized spacial score (nSPS) is 8.85. The van der Waals surface area contributed by atoms with Crippen LogP contribution in [-0.2, 0) is 21.7 Å². The minimum atomic E-state index is 0. The predicted molar refractivity (Wildman–Crippen MR) is 131 cm³/mol. The summed E-state index contributed by atoms with van der Waals surface area (Å²) in [6.07, 6.45) is 0. The van der Waals surface area contributed by atoms with Crippen LogP contribution in [0.25, 0.3) is 0 Å². The number of phenols is 4. The van der Waals surface area contributed by atoms with E-state index in [4.69, 9.17) is 20.4 Å². The first kappa shape index (κ1) is 29.8. The number of rotatable bonds is 0. The quantitative estimate of drug-likeness (QED) is 0.209. The Labute approximate surface area is 211 Å². The minimum Gasteiger partial charge on any atom is -0.508 e. The van der Waals surface area contributed by atoms with E-state index in [-0.39, 0.29) is 21.7 Å². The van der Waals surface area contributed by atoms with Crippen molar-refractivity contribution < 1.29 is 42.1 Å². The molecule has 0 heterocycles. The second-order valence-corrected chi connectivity index (χ2v) is 7.15. The standard InChI is InChI=1S/4C7H8O.Ti/c4*1-6-4-2-3-5-7(6)8;/h4*2-5,8H,1H3;. The van der Waals surface area contributed by atoms with Crippen molar-refractivity contribution in [1.82, 2.24) is 0 Å².